The van der Waals surface area contributed by atoms with Crippen molar-refractivity contribution in [2.75, 3.05) is 6.54 Å². The molecule has 1 heteroatoms. The van der Waals surface area contributed by atoms with Gasteiger partial charge in [-0.1, -0.05) is 52.4 Å². The Balaban J connectivity index is 1.82. The summed E-state index contributed by atoms with van der Waals surface area (Å²) in [7, 11) is 0. The Labute approximate surface area is 114 Å². The minimum atomic E-state index is 0.678. The van der Waals surface area contributed by atoms with Crippen molar-refractivity contribution in [3.8, 4) is 0 Å². The molecular formula is C17H33N. The molecule has 0 amide bonds. The molecule has 18 heavy (non-hydrogen) atoms. The molecule has 2 aliphatic rings. The zero-order chi connectivity index (χ0) is 12.8. The molecule has 1 atom stereocenters. The standard InChI is InChI=1S/C17H33N/c1-3-5-8-15(4-2)13-17(11-6-7-12-17)14-18-16-9-10-16/h15-16,18H,3-14H2,1-2H3. The first-order valence-electron chi connectivity index (χ1n) is 8.51. The Morgan fingerprint density at radius 2 is 1.89 bits per heavy atom. The van der Waals surface area contributed by atoms with Crippen molar-refractivity contribution in [1.29, 1.82) is 0 Å². The van der Waals surface area contributed by atoms with Crippen molar-refractivity contribution in [1.82, 2.24) is 5.32 Å². The van der Waals surface area contributed by atoms with Crippen LogP contribution in [0.3, 0.4) is 0 Å². The minimum absolute atomic E-state index is 0.678. The van der Waals surface area contributed by atoms with Crippen LogP contribution in [0, 0.1) is 11.3 Å². The van der Waals surface area contributed by atoms with Crippen molar-refractivity contribution in [3.63, 3.8) is 0 Å². The van der Waals surface area contributed by atoms with Crippen LogP contribution < -0.4 is 5.32 Å². The second kappa shape index (κ2) is 6.93. The summed E-state index contributed by atoms with van der Waals surface area (Å²) >= 11 is 0. The maximum Gasteiger partial charge on any atom is 0.00684 e. The van der Waals surface area contributed by atoms with Crippen LogP contribution in [-0.4, -0.2) is 12.6 Å². The molecule has 0 aliphatic heterocycles. The molecule has 0 radical (unpaired) electrons. The van der Waals surface area contributed by atoms with E-state index in [1.807, 2.05) is 0 Å². The van der Waals surface area contributed by atoms with Gasteiger partial charge in [-0.25, -0.2) is 0 Å². The van der Waals surface area contributed by atoms with Crippen LogP contribution in [0.25, 0.3) is 0 Å². The van der Waals surface area contributed by atoms with Crippen molar-refractivity contribution >= 4 is 0 Å². The van der Waals surface area contributed by atoms with Crippen LogP contribution in [0.2, 0.25) is 0 Å². The smallest absolute Gasteiger partial charge is 0.00684 e. The summed E-state index contributed by atoms with van der Waals surface area (Å²) in [6.07, 6.45) is 16.0. The lowest BCUT2D eigenvalue weighted by Crippen LogP contribution is -2.35. The molecule has 0 heterocycles. The Kier molecular flexibility index (Phi) is 5.54. The fourth-order valence-electron chi connectivity index (χ4n) is 3.78. The van der Waals surface area contributed by atoms with Gasteiger partial charge in [0.05, 0.1) is 0 Å². The summed E-state index contributed by atoms with van der Waals surface area (Å²) < 4.78 is 0. The van der Waals surface area contributed by atoms with E-state index in [0.717, 1.165) is 12.0 Å². The van der Waals surface area contributed by atoms with Crippen LogP contribution in [0.4, 0.5) is 0 Å². The molecular weight excluding hydrogens is 218 g/mol. The third-order valence-corrected chi connectivity index (χ3v) is 5.27. The van der Waals surface area contributed by atoms with Crippen molar-refractivity contribution < 1.29 is 0 Å². The quantitative estimate of drug-likeness (QED) is 0.614. The number of unbranched alkanes of at least 4 members (excludes halogenated alkanes) is 1. The Morgan fingerprint density at radius 1 is 1.17 bits per heavy atom. The van der Waals surface area contributed by atoms with Gasteiger partial charge < -0.3 is 5.32 Å². The predicted octanol–water partition coefficient (Wildman–Crippen LogP) is 4.91. The molecule has 1 N–H and O–H groups in total. The molecule has 2 aliphatic carbocycles. The highest BCUT2D eigenvalue weighted by Crippen LogP contribution is 2.44. The summed E-state index contributed by atoms with van der Waals surface area (Å²) in [6.45, 7) is 6.05. The lowest BCUT2D eigenvalue weighted by molar-refractivity contribution is 0.198. The highest BCUT2D eigenvalue weighted by molar-refractivity contribution is 4.91. The summed E-state index contributed by atoms with van der Waals surface area (Å²) in [5.74, 6) is 0.990. The van der Waals surface area contributed by atoms with Crippen LogP contribution in [0.1, 0.15) is 84.5 Å². The molecule has 1 unspecified atom stereocenters. The molecule has 106 valence electrons. The summed E-state index contributed by atoms with van der Waals surface area (Å²) in [6, 6.07) is 0.887. The van der Waals surface area contributed by atoms with Gasteiger partial charge in [0.15, 0.2) is 0 Å². The predicted molar refractivity (Wildman–Crippen MR) is 79.8 cm³/mol. The highest BCUT2D eigenvalue weighted by Gasteiger charge is 2.36. The van der Waals surface area contributed by atoms with Gasteiger partial charge in [0, 0.05) is 12.6 Å². The van der Waals surface area contributed by atoms with Crippen molar-refractivity contribution in [2.24, 2.45) is 11.3 Å². The molecule has 1 nitrogen and oxygen atoms in total. The third-order valence-electron chi connectivity index (χ3n) is 5.27. The second-order valence-corrected chi connectivity index (χ2v) is 6.98. The molecule has 0 spiro atoms. The number of hydrogen-bond acceptors (Lipinski definition) is 1. The summed E-state index contributed by atoms with van der Waals surface area (Å²) in [4.78, 5) is 0. The van der Waals surface area contributed by atoms with Gasteiger partial charge in [0.2, 0.25) is 0 Å². The maximum atomic E-state index is 3.82. The molecule has 0 aromatic carbocycles. The van der Waals surface area contributed by atoms with Gasteiger partial charge >= 0.3 is 0 Å². The van der Waals surface area contributed by atoms with E-state index in [9.17, 15) is 0 Å². The van der Waals surface area contributed by atoms with E-state index >= 15 is 0 Å². The average Bonchev–Trinajstić information content (AvgIpc) is 3.12. The molecule has 0 aromatic heterocycles. The van der Waals surface area contributed by atoms with Gasteiger partial charge in [-0.3, -0.25) is 0 Å². The largest absolute Gasteiger partial charge is 0.313 e. The monoisotopic (exact) mass is 251 g/mol. The molecule has 0 bridgehead atoms. The van der Waals surface area contributed by atoms with Crippen LogP contribution in [0.15, 0.2) is 0 Å². The van der Waals surface area contributed by atoms with E-state index in [-0.39, 0.29) is 0 Å². The Hall–Kier alpha value is -0.0400. The topological polar surface area (TPSA) is 12.0 Å². The van der Waals surface area contributed by atoms with Gasteiger partial charge in [-0.15, -0.1) is 0 Å². The van der Waals surface area contributed by atoms with E-state index in [0.29, 0.717) is 5.41 Å². The average molecular weight is 251 g/mol. The zero-order valence-electron chi connectivity index (χ0n) is 12.6. The van der Waals surface area contributed by atoms with E-state index in [4.69, 9.17) is 0 Å². The van der Waals surface area contributed by atoms with Crippen LogP contribution in [0.5, 0.6) is 0 Å². The van der Waals surface area contributed by atoms with Crippen LogP contribution >= 0.6 is 0 Å². The van der Waals surface area contributed by atoms with E-state index in [1.54, 1.807) is 0 Å². The Bertz CT molecular complexity index is 226. The highest BCUT2D eigenvalue weighted by atomic mass is 15.0. The van der Waals surface area contributed by atoms with Gasteiger partial charge in [0.25, 0.3) is 0 Å². The number of rotatable bonds is 9. The summed E-state index contributed by atoms with van der Waals surface area (Å²) in [5, 5.41) is 3.82. The fourth-order valence-corrected chi connectivity index (χ4v) is 3.78. The van der Waals surface area contributed by atoms with Gasteiger partial charge in [0.1, 0.15) is 0 Å². The lowest BCUT2D eigenvalue weighted by atomic mass is 9.75. The molecule has 2 rings (SSSR count). The fraction of sp³-hybridized carbons (Fsp3) is 1.00. The van der Waals surface area contributed by atoms with E-state index in [1.165, 1.54) is 77.2 Å². The zero-order valence-corrected chi connectivity index (χ0v) is 12.6. The SMILES string of the molecule is CCCCC(CC)CC1(CNC2CC2)CCCC1. The van der Waals surface area contributed by atoms with Crippen LogP contribution in [-0.2, 0) is 0 Å². The number of hydrogen-bond donors (Lipinski definition) is 1. The van der Waals surface area contributed by atoms with E-state index < -0.39 is 0 Å². The number of nitrogens with one attached hydrogen (secondary N) is 1. The molecule has 0 aromatic rings. The molecule has 2 fully saturated rings. The van der Waals surface area contributed by atoms with E-state index in [2.05, 4.69) is 19.2 Å². The normalized spacial score (nSPS) is 24.3. The Morgan fingerprint density at radius 3 is 2.44 bits per heavy atom. The molecule has 2 saturated carbocycles. The first-order chi connectivity index (χ1) is 8.78. The van der Waals surface area contributed by atoms with Crippen molar-refractivity contribution in [3.05, 3.63) is 0 Å². The van der Waals surface area contributed by atoms with Gasteiger partial charge in [-0.05, 0) is 43.4 Å². The van der Waals surface area contributed by atoms with Gasteiger partial charge in [-0.2, -0.15) is 0 Å². The second-order valence-electron chi connectivity index (χ2n) is 6.98. The maximum absolute atomic E-state index is 3.82. The first kappa shape index (κ1) is 14.4. The lowest BCUT2D eigenvalue weighted by Gasteiger charge is -2.33. The van der Waals surface area contributed by atoms with Crippen molar-refractivity contribution in [2.45, 2.75) is 90.5 Å². The molecule has 0 saturated heterocycles. The summed E-state index contributed by atoms with van der Waals surface area (Å²) in [5.41, 5.74) is 0.678. The third kappa shape index (κ3) is 4.26. The minimum Gasteiger partial charge on any atom is -0.313 e. The first-order valence-corrected chi connectivity index (χ1v) is 8.51.